The van der Waals surface area contributed by atoms with Crippen LogP contribution in [0, 0.1) is 0 Å². The summed E-state index contributed by atoms with van der Waals surface area (Å²) in [6.07, 6.45) is 8.09. The summed E-state index contributed by atoms with van der Waals surface area (Å²) in [7, 11) is 0. The quantitative estimate of drug-likeness (QED) is 0.689. The molecule has 13 heavy (non-hydrogen) atoms. The van der Waals surface area contributed by atoms with Gasteiger partial charge in [0.25, 0.3) is 0 Å². The number of alkyl halides is 1. The molecule has 1 aromatic rings. The van der Waals surface area contributed by atoms with Gasteiger partial charge in [-0.05, 0) is 36.0 Å². The Bertz CT molecular complexity index is 326. The van der Waals surface area contributed by atoms with Crippen molar-refractivity contribution in [3.8, 4) is 0 Å². The van der Waals surface area contributed by atoms with E-state index in [0.29, 0.717) is 0 Å². The first-order chi connectivity index (χ1) is 6.42. The highest BCUT2D eigenvalue weighted by Crippen LogP contribution is 2.23. The van der Waals surface area contributed by atoms with Crippen LogP contribution in [0.2, 0.25) is 0 Å². The number of allylic oxidation sites excluding steroid dienone is 1. The van der Waals surface area contributed by atoms with Gasteiger partial charge in [0.2, 0.25) is 0 Å². The lowest BCUT2D eigenvalue weighted by molar-refractivity contribution is 0.973. The topological polar surface area (TPSA) is 0 Å². The van der Waals surface area contributed by atoms with E-state index >= 15 is 0 Å². The first-order valence-corrected chi connectivity index (χ1v) is 5.87. The molecule has 0 aliphatic heterocycles. The number of aryl methyl sites for hydroxylation is 2. The summed E-state index contributed by atoms with van der Waals surface area (Å²) in [5.41, 5.74) is 4.46. The Morgan fingerprint density at radius 1 is 1.31 bits per heavy atom. The largest absolute Gasteiger partial charge is 0.0924 e. The zero-order chi connectivity index (χ0) is 9.10. The van der Waals surface area contributed by atoms with Crippen molar-refractivity contribution in [3.63, 3.8) is 0 Å². The number of fused-ring (bicyclic) bond motifs is 1. The Labute approximate surface area is 87.8 Å². The van der Waals surface area contributed by atoms with Crippen LogP contribution < -0.4 is 0 Å². The SMILES string of the molecule is BrCCc1cccc2c1C=CCC2. The fourth-order valence-corrected chi connectivity index (χ4v) is 2.29. The van der Waals surface area contributed by atoms with Crippen LogP contribution in [-0.2, 0) is 12.8 Å². The Morgan fingerprint density at radius 3 is 3.08 bits per heavy atom. The molecule has 0 unspecified atom stereocenters. The maximum atomic E-state index is 3.49. The summed E-state index contributed by atoms with van der Waals surface area (Å²) in [5, 5.41) is 1.05. The van der Waals surface area contributed by atoms with Crippen molar-refractivity contribution in [1.29, 1.82) is 0 Å². The van der Waals surface area contributed by atoms with Crippen molar-refractivity contribution < 1.29 is 0 Å². The molecule has 68 valence electrons. The molecule has 0 bridgehead atoms. The van der Waals surface area contributed by atoms with Gasteiger partial charge in [-0.2, -0.15) is 0 Å². The molecule has 1 aromatic carbocycles. The van der Waals surface area contributed by atoms with Gasteiger partial charge in [-0.1, -0.05) is 46.3 Å². The van der Waals surface area contributed by atoms with E-state index in [4.69, 9.17) is 0 Å². The van der Waals surface area contributed by atoms with E-state index in [9.17, 15) is 0 Å². The minimum absolute atomic E-state index is 1.05. The second-order valence-corrected chi connectivity index (χ2v) is 4.16. The lowest BCUT2D eigenvalue weighted by Crippen LogP contribution is -1.99. The predicted molar refractivity (Wildman–Crippen MR) is 61.3 cm³/mol. The van der Waals surface area contributed by atoms with Crippen LogP contribution in [0.1, 0.15) is 23.1 Å². The van der Waals surface area contributed by atoms with Crippen LogP contribution in [0.15, 0.2) is 24.3 Å². The van der Waals surface area contributed by atoms with Gasteiger partial charge in [-0.25, -0.2) is 0 Å². The van der Waals surface area contributed by atoms with Crippen molar-refractivity contribution >= 4 is 22.0 Å². The number of halogens is 1. The lowest BCUT2D eigenvalue weighted by atomic mass is 9.92. The summed E-state index contributed by atoms with van der Waals surface area (Å²) in [6.45, 7) is 0. The molecule has 0 N–H and O–H groups in total. The van der Waals surface area contributed by atoms with Crippen molar-refractivity contribution in [1.82, 2.24) is 0 Å². The third-order valence-corrected chi connectivity index (χ3v) is 2.91. The number of rotatable bonds is 2. The molecule has 1 aliphatic carbocycles. The van der Waals surface area contributed by atoms with Gasteiger partial charge in [0, 0.05) is 5.33 Å². The molecule has 0 nitrogen and oxygen atoms in total. The van der Waals surface area contributed by atoms with Crippen LogP contribution in [-0.4, -0.2) is 5.33 Å². The molecule has 0 aromatic heterocycles. The average molecular weight is 237 g/mol. The summed E-state index contributed by atoms with van der Waals surface area (Å²) in [6, 6.07) is 6.66. The smallest absolute Gasteiger partial charge is 0.00720 e. The van der Waals surface area contributed by atoms with E-state index in [1.54, 1.807) is 0 Å². The van der Waals surface area contributed by atoms with Crippen LogP contribution in [0.3, 0.4) is 0 Å². The summed E-state index contributed by atoms with van der Waals surface area (Å²) >= 11 is 3.49. The predicted octanol–water partition coefficient (Wildman–Crippen LogP) is 3.58. The maximum Gasteiger partial charge on any atom is 0.00720 e. The minimum Gasteiger partial charge on any atom is -0.0924 e. The summed E-state index contributed by atoms with van der Waals surface area (Å²) in [5.74, 6) is 0. The van der Waals surface area contributed by atoms with E-state index in [1.165, 1.54) is 29.5 Å². The molecule has 0 fully saturated rings. The molecular weight excluding hydrogens is 224 g/mol. The monoisotopic (exact) mass is 236 g/mol. The minimum atomic E-state index is 1.05. The first kappa shape index (κ1) is 9.01. The van der Waals surface area contributed by atoms with Gasteiger partial charge in [0.05, 0.1) is 0 Å². The highest BCUT2D eigenvalue weighted by atomic mass is 79.9. The molecule has 0 spiro atoms. The molecule has 0 amide bonds. The normalized spacial score (nSPS) is 14.2. The fraction of sp³-hybridized carbons (Fsp3) is 0.333. The van der Waals surface area contributed by atoms with Gasteiger partial charge in [0.15, 0.2) is 0 Å². The molecule has 2 rings (SSSR count). The Hall–Kier alpha value is -0.560. The molecule has 0 saturated heterocycles. The highest BCUT2D eigenvalue weighted by Gasteiger charge is 2.07. The highest BCUT2D eigenvalue weighted by molar-refractivity contribution is 9.09. The zero-order valence-electron chi connectivity index (χ0n) is 7.59. The molecule has 1 aliphatic rings. The van der Waals surface area contributed by atoms with Gasteiger partial charge in [-0.3, -0.25) is 0 Å². The second kappa shape index (κ2) is 4.10. The average Bonchev–Trinajstić information content (AvgIpc) is 2.19. The Balaban J connectivity index is 2.42. The molecule has 0 heterocycles. The first-order valence-electron chi connectivity index (χ1n) is 4.75. The molecule has 0 radical (unpaired) electrons. The van der Waals surface area contributed by atoms with Gasteiger partial charge in [0.1, 0.15) is 0 Å². The third-order valence-electron chi connectivity index (χ3n) is 2.52. The van der Waals surface area contributed by atoms with Crippen molar-refractivity contribution in [3.05, 3.63) is 41.0 Å². The molecule has 0 atom stereocenters. The number of hydrogen-bond acceptors (Lipinski definition) is 0. The van der Waals surface area contributed by atoms with E-state index in [1.807, 2.05) is 0 Å². The fourth-order valence-electron chi connectivity index (χ4n) is 1.86. The second-order valence-electron chi connectivity index (χ2n) is 3.37. The molecule has 0 saturated carbocycles. The molecular formula is C12H13Br. The maximum absolute atomic E-state index is 3.49. The summed E-state index contributed by atoms with van der Waals surface area (Å²) in [4.78, 5) is 0. The Morgan fingerprint density at radius 2 is 2.23 bits per heavy atom. The van der Waals surface area contributed by atoms with Gasteiger partial charge < -0.3 is 0 Å². The van der Waals surface area contributed by atoms with Crippen molar-refractivity contribution in [2.24, 2.45) is 0 Å². The van der Waals surface area contributed by atoms with Crippen LogP contribution >= 0.6 is 15.9 Å². The van der Waals surface area contributed by atoms with E-state index in [0.717, 1.165) is 11.8 Å². The van der Waals surface area contributed by atoms with Crippen LogP contribution in [0.4, 0.5) is 0 Å². The van der Waals surface area contributed by atoms with Crippen LogP contribution in [0.25, 0.3) is 6.08 Å². The van der Waals surface area contributed by atoms with E-state index in [-0.39, 0.29) is 0 Å². The zero-order valence-corrected chi connectivity index (χ0v) is 9.18. The number of benzene rings is 1. The van der Waals surface area contributed by atoms with Gasteiger partial charge in [-0.15, -0.1) is 0 Å². The lowest BCUT2D eigenvalue weighted by Gasteiger charge is -2.13. The van der Waals surface area contributed by atoms with Gasteiger partial charge >= 0.3 is 0 Å². The van der Waals surface area contributed by atoms with Crippen molar-refractivity contribution in [2.75, 3.05) is 5.33 Å². The number of hydrogen-bond donors (Lipinski definition) is 0. The molecule has 1 heteroatoms. The Kier molecular flexibility index (Phi) is 2.84. The van der Waals surface area contributed by atoms with Crippen molar-refractivity contribution in [2.45, 2.75) is 19.3 Å². The summed E-state index contributed by atoms with van der Waals surface area (Å²) < 4.78 is 0. The van der Waals surface area contributed by atoms with Crippen LogP contribution in [0.5, 0.6) is 0 Å². The van der Waals surface area contributed by atoms with E-state index in [2.05, 4.69) is 46.3 Å². The standard InChI is InChI=1S/C12H13Br/c13-9-8-11-6-3-5-10-4-1-2-7-12(10)11/h2-3,5-7H,1,4,8-9H2. The third kappa shape index (κ3) is 1.86. The van der Waals surface area contributed by atoms with E-state index < -0.39 is 0 Å².